The third-order valence-electron chi connectivity index (χ3n) is 8.85. The Balaban J connectivity index is 1.34. The molecule has 2 saturated heterocycles. The molecule has 4 aromatic carbocycles. The summed E-state index contributed by atoms with van der Waals surface area (Å²) in [5.74, 6) is 0. The molecule has 0 N–H and O–H groups in total. The van der Waals surface area contributed by atoms with Crippen LogP contribution in [0.25, 0.3) is 0 Å². The number of epoxide rings is 2. The van der Waals surface area contributed by atoms with Gasteiger partial charge in [-0.2, -0.15) is 0 Å². The predicted octanol–water partition coefficient (Wildman–Crippen LogP) is 11.0. The van der Waals surface area contributed by atoms with Crippen LogP contribution < -0.4 is 0 Å². The molecule has 224 valence electrons. The molecule has 0 aliphatic carbocycles. The van der Waals surface area contributed by atoms with Gasteiger partial charge in [0.25, 0.3) is 0 Å². The van der Waals surface area contributed by atoms with E-state index < -0.39 is 0 Å². The third-order valence-corrected chi connectivity index (χ3v) is 11.5. The molecule has 43 heavy (non-hydrogen) atoms. The van der Waals surface area contributed by atoms with E-state index in [1.54, 1.807) is 0 Å². The molecule has 4 atom stereocenters. The molecule has 3 nitrogen and oxygen atoms in total. The second-order valence-corrected chi connectivity index (χ2v) is 15.8. The number of ether oxygens (including phenoxy) is 3. The first kappa shape index (κ1) is 31.7. The van der Waals surface area contributed by atoms with Gasteiger partial charge in [0.1, 0.15) is 24.4 Å². The average Bonchev–Trinajstić information content (AvgIpc) is 3.90. The highest BCUT2D eigenvalue weighted by Gasteiger charge is 2.45. The summed E-state index contributed by atoms with van der Waals surface area (Å²) in [5, 5.41) is 0. The maximum atomic E-state index is 7.04. The summed E-state index contributed by atoms with van der Waals surface area (Å²) >= 11 is 15.7. The molecule has 7 heteroatoms. The predicted molar refractivity (Wildman–Crippen MR) is 187 cm³/mol. The first-order valence-electron chi connectivity index (χ1n) is 14.5. The summed E-state index contributed by atoms with van der Waals surface area (Å²) in [6, 6.07) is 30.1. The van der Waals surface area contributed by atoms with Crippen molar-refractivity contribution in [3.05, 3.63) is 136 Å². The van der Waals surface area contributed by atoms with E-state index in [4.69, 9.17) is 14.2 Å². The molecule has 2 aliphatic heterocycles. The Kier molecular flexibility index (Phi) is 9.18. The largest absolute Gasteiger partial charge is 0.370 e. The summed E-state index contributed by atoms with van der Waals surface area (Å²) in [7, 11) is 0. The number of benzene rings is 4. The van der Waals surface area contributed by atoms with Gasteiger partial charge in [-0.1, -0.05) is 152 Å². The summed E-state index contributed by atoms with van der Waals surface area (Å²) in [5.41, 5.74) is 6.70. The van der Waals surface area contributed by atoms with Crippen molar-refractivity contribution in [2.24, 2.45) is 0 Å². The van der Waals surface area contributed by atoms with Gasteiger partial charge < -0.3 is 14.2 Å². The van der Waals surface area contributed by atoms with Crippen LogP contribution in [0.3, 0.4) is 0 Å². The lowest BCUT2D eigenvalue weighted by atomic mass is 9.78. The lowest BCUT2D eigenvalue weighted by Crippen LogP contribution is -2.23. The van der Waals surface area contributed by atoms with Gasteiger partial charge in [-0.3, -0.25) is 0 Å². The maximum Gasteiger partial charge on any atom is 0.114 e. The molecule has 0 saturated carbocycles. The van der Waals surface area contributed by atoms with Gasteiger partial charge in [-0.15, -0.1) is 0 Å². The molecule has 0 bridgehead atoms. The van der Waals surface area contributed by atoms with Gasteiger partial charge in [0, 0.05) is 39.8 Å². The zero-order chi connectivity index (χ0) is 30.5. The van der Waals surface area contributed by atoms with Crippen LogP contribution in [-0.2, 0) is 25.0 Å². The van der Waals surface area contributed by atoms with Crippen molar-refractivity contribution in [2.75, 3.05) is 13.2 Å². The van der Waals surface area contributed by atoms with Gasteiger partial charge >= 0.3 is 0 Å². The zero-order valence-electron chi connectivity index (χ0n) is 24.5. The minimum absolute atomic E-state index is 0.0318. The number of halogens is 4. The van der Waals surface area contributed by atoms with Crippen LogP contribution in [-0.4, -0.2) is 25.4 Å². The van der Waals surface area contributed by atoms with Gasteiger partial charge in [-0.25, -0.2) is 0 Å². The second kappa shape index (κ2) is 12.5. The summed E-state index contributed by atoms with van der Waals surface area (Å²) in [6.07, 6.45) is -0.636. The SMILES string of the molecule is CC(C)(c1ccccc1)c1cc(Br)c(C(OC(c2c(Br)cc(C(C)(C)c3ccccc3)cc2Br)C2CO2)C2CO2)c(Br)c1. The van der Waals surface area contributed by atoms with Crippen molar-refractivity contribution in [3.8, 4) is 0 Å². The lowest BCUT2D eigenvalue weighted by Gasteiger charge is -2.31. The smallest absolute Gasteiger partial charge is 0.114 e. The van der Waals surface area contributed by atoms with Crippen molar-refractivity contribution >= 4 is 63.7 Å². The van der Waals surface area contributed by atoms with E-state index in [-0.39, 0.29) is 35.2 Å². The van der Waals surface area contributed by atoms with E-state index in [2.05, 4.69) is 176 Å². The zero-order valence-corrected chi connectivity index (χ0v) is 30.9. The van der Waals surface area contributed by atoms with Crippen molar-refractivity contribution in [1.29, 1.82) is 0 Å². The Hall–Kier alpha value is -1.32. The highest BCUT2D eigenvalue weighted by molar-refractivity contribution is 9.11. The molecule has 2 fully saturated rings. The van der Waals surface area contributed by atoms with Crippen LogP contribution in [0.1, 0.15) is 73.3 Å². The van der Waals surface area contributed by atoms with Crippen molar-refractivity contribution < 1.29 is 14.2 Å². The molecule has 0 aromatic heterocycles. The molecule has 2 aliphatic rings. The Labute approximate surface area is 288 Å². The van der Waals surface area contributed by atoms with Crippen LogP contribution >= 0.6 is 63.7 Å². The third kappa shape index (κ3) is 6.51. The van der Waals surface area contributed by atoms with Crippen molar-refractivity contribution in [3.63, 3.8) is 0 Å². The molecule has 0 spiro atoms. The van der Waals surface area contributed by atoms with E-state index in [1.807, 2.05) is 0 Å². The maximum absolute atomic E-state index is 7.04. The number of hydrogen-bond donors (Lipinski definition) is 0. The first-order chi connectivity index (χ1) is 20.5. The van der Waals surface area contributed by atoms with Gasteiger partial charge in [0.05, 0.1) is 13.2 Å². The number of rotatable bonds is 10. The Morgan fingerprint density at radius 1 is 0.558 bits per heavy atom. The number of hydrogen-bond acceptors (Lipinski definition) is 3. The van der Waals surface area contributed by atoms with Crippen molar-refractivity contribution in [1.82, 2.24) is 0 Å². The Bertz CT molecular complexity index is 1450. The fourth-order valence-electron chi connectivity index (χ4n) is 5.78. The molecule has 4 aromatic rings. The molecular weight excluding hydrogens is 800 g/mol. The highest BCUT2D eigenvalue weighted by atomic mass is 79.9. The lowest BCUT2D eigenvalue weighted by molar-refractivity contribution is -0.0432. The van der Waals surface area contributed by atoms with E-state index in [1.165, 1.54) is 22.3 Å². The fraction of sp³-hybridized carbons (Fsp3) is 0.333. The Morgan fingerprint density at radius 3 is 1.14 bits per heavy atom. The van der Waals surface area contributed by atoms with Gasteiger partial charge in [0.2, 0.25) is 0 Å². The summed E-state index contributed by atoms with van der Waals surface area (Å²) in [6.45, 7) is 10.3. The average molecular weight is 834 g/mol. The normalized spacial score (nSPS) is 19.6. The fourth-order valence-corrected chi connectivity index (χ4v) is 9.05. The van der Waals surface area contributed by atoms with Crippen molar-refractivity contribution in [2.45, 2.75) is 62.9 Å². The van der Waals surface area contributed by atoms with Gasteiger partial charge in [-0.05, 0) is 46.5 Å². The molecule has 0 amide bonds. The Morgan fingerprint density at radius 2 is 0.860 bits per heavy atom. The molecule has 6 rings (SSSR count). The summed E-state index contributed by atoms with van der Waals surface area (Å²) < 4.78 is 22.8. The van der Waals surface area contributed by atoms with E-state index >= 15 is 0 Å². The van der Waals surface area contributed by atoms with Crippen LogP contribution in [0.5, 0.6) is 0 Å². The van der Waals surface area contributed by atoms with Crippen LogP contribution in [0.15, 0.2) is 103 Å². The quantitative estimate of drug-likeness (QED) is 0.149. The first-order valence-corrected chi connectivity index (χ1v) is 17.6. The molecule has 2 heterocycles. The molecule has 0 radical (unpaired) electrons. The minimum Gasteiger partial charge on any atom is -0.370 e. The minimum atomic E-state index is -0.286. The molecule has 4 unspecified atom stereocenters. The van der Waals surface area contributed by atoms with E-state index in [0.717, 1.165) is 29.0 Å². The standard InChI is InChI=1S/C36H34Br4O3/c1-35(2,21-11-7-5-8-12-21)23-15-25(37)31(26(38)16-23)33(29-19-41-29)43-34(30-20-42-30)32-27(39)17-24(18-28(32)40)36(3,4)22-13-9-6-10-14-22/h5-18,29-30,33-34H,19-20H2,1-4H3. The topological polar surface area (TPSA) is 34.3 Å². The monoisotopic (exact) mass is 830 g/mol. The van der Waals surface area contributed by atoms with Crippen LogP contribution in [0, 0.1) is 0 Å². The molecular formula is C36H34Br4O3. The summed E-state index contributed by atoms with van der Waals surface area (Å²) in [4.78, 5) is 0. The van der Waals surface area contributed by atoms with Crippen LogP contribution in [0.4, 0.5) is 0 Å². The van der Waals surface area contributed by atoms with E-state index in [0.29, 0.717) is 13.2 Å². The van der Waals surface area contributed by atoms with Crippen LogP contribution in [0.2, 0.25) is 0 Å². The second-order valence-electron chi connectivity index (χ2n) is 12.4. The van der Waals surface area contributed by atoms with Gasteiger partial charge in [0.15, 0.2) is 0 Å². The van der Waals surface area contributed by atoms with E-state index in [9.17, 15) is 0 Å². The highest BCUT2D eigenvalue weighted by Crippen LogP contribution is 2.49.